The molecule has 0 aliphatic heterocycles. The molecule has 1 heterocycles. The van der Waals surface area contributed by atoms with Crippen LogP contribution in [0.3, 0.4) is 0 Å². The molecule has 2 aromatic rings. The van der Waals surface area contributed by atoms with E-state index in [-0.39, 0.29) is 11.7 Å². The largest absolute Gasteiger partial charge is 0.494 e. The second-order valence-electron chi connectivity index (χ2n) is 4.27. The van der Waals surface area contributed by atoms with E-state index in [1.165, 1.54) is 25.3 Å². The highest BCUT2D eigenvalue weighted by Gasteiger charge is 2.15. The molecule has 6 heteroatoms. The zero-order valence-electron chi connectivity index (χ0n) is 11.0. The van der Waals surface area contributed by atoms with Gasteiger partial charge < -0.3 is 9.64 Å². The Morgan fingerprint density at radius 1 is 1.45 bits per heavy atom. The first kappa shape index (κ1) is 15.0. The SMILES string of the molecule is COc1cc(C(=O)N(C)Cc2csc(Br)c2)ccc1F. The number of hydrogen-bond donors (Lipinski definition) is 0. The summed E-state index contributed by atoms with van der Waals surface area (Å²) in [6, 6.07) is 6.08. The minimum atomic E-state index is -0.478. The molecule has 0 radical (unpaired) electrons. The summed E-state index contributed by atoms with van der Waals surface area (Å²) in [5, 5.41) is 1.99. The van der Waals surface area contributed by atoms with Crippen molar-refractivity contribution in [1.29, 1.82) is 0 Å². The van der Waals surface area contributed by atoms with Gasteiger partial charge in [0.25, 0.3) is 5.91 Å². The van der Waals surface area contributed by atoms with Gasteiger partial charge in [-0.05, 0) is 51.1 Å². The minimum Gasteiger partial charge on any atom is -0.494 e. The van der Waals surface area contributed by atoms with Gasteiger partial charge in [0.1, 0.15) is 0 Å². The molecule has 3 nitrogen and oxygen atoms in total. The number of benzene rings is 1. The van der Waals surface area contributed by atoms with Crippen LogP contribution in [0.4, 0.5) is 4.39 Å². The van der Waals surface area contributed by atoms with Gasteiger partial charge in [0.05, 0.1) is 10.9 Å². The number of carbonyl (C=O) groups excluding carboxylic acids is 1. The van der Waals surface area contributed by atoms with Gasteiger partial charge >= 0.3 is 0 Å². The van der Waals surface area contributed by atoms with Crippen LogP contribution in [0.25, 0.3) is 0 Å². The van der Waals surface area contributed by atoms with E-state index < -0.39 is 5.82 Å². The summed E-state index contributed by atoms with van der Waals surface area (Å²) in [7, 11) is 3.09. The van der Waals surface area contributed by atoms with Crippen molar-refractivity contribution >= 4 is 33.2 Å². The van der Waals surface area contributed by atoms with E-state index in [1.54, 1.807) is 23.3 Å². The van der Waals surface area contributed by atoms with Crippen molar-refractivity contribution in [3.8, 4) is 5.75 Å². The third-order valence-corrected chi connectivity index (χ3v) is 4.34. The van der Waals surface area contributed by atoms with E-state index in [4.69, 9.17) is 4.74 Å². The van der Waals surface area contributed by atoms with Crippen LogP contribution >= 0.6 is 27.3 Å². The molecule has 0 bridgehead atoms. The first-order valence-corrected chi connectivity index (χ1v) is 7.50. The Morgan fingerprint density at radius 2 is 2.20 bits per heavy atom. The van der Waals surface area contributed by atoms with Crippen LogP contribution in [0.1, 0.15) is 15.9 Å². The molecule has 0 saturated carbocycles. The van der Waals surface area contributed by atoms with Gasteiger partial charge in [-0.25, -0.2) is 4.39 Å². The first-order chi connectivity index (χ1) is 9.51. The fraction of sp³-hybridized carbons (Fsp3) is 0.214. The topological polar surface area (TPSA) is 29.5 Å². The highest BCUT2D eigenvalue weighted by atomic mass is 79.9. The van der Waals surface area contributed by atoms with E-state index in [2.05, 4.69) is 15.9 Å². The predicted molar refractivity (Wildman–Crippen MR) is 80.8 cm³/mol. The van der Waals surface area contributed by atoms with Gasteiger partial charge in [-0.2, -0.15) is 0 Å². The maximum absolute atomic E-state index is 13.3. The Kier molecular flexibility index (Phi) is 4.77. The summed E-state index contributed by atoms with van der Waals surface area (Å²) in [6.07, 6.45) is 0. The van der Waals surface area contributed by atoms with Gasteiger partial charge in [0.2, 0.25) is 0 Å². The second-order valence-corrected chi connectivity index (χ2v) is 6.56. The monoisotopic (exact) mass is 357 g/mol. The Balaban J connectivity index is 2.14. The molecule has 2 rings (SSSR count). The smallest absolute Gasteiger partial charge is 0.254 e. The summed E-state index contributed by atoms with van der Waals surface area (Å²) in [4.78, 5) is 13.9. The predicted octanol–water partition coefficient (Wildman–Crippen LogP) is 3.93. The van der Waals surface area contributed by atoms with Crippen LogP contribution in [-0.4, -0.2) is 25.0 Å². The lowest BCUT2D eigenvalue weighted by atomic mass is 10.1. The quantitative estimate of drug-likeness (QED) is 0.829. The molecule has 0 fully saturated rings. The third-order valence-electron chi connectivity index (χ3n) is 2.79. The number of halogens is 2. The van der Waals surface area contributed by atoms with Gasteiger partial charge in [0, 0.05) is 19.2 Å². The van der Waals surface area contributed by atoms with E-state index >= 15 is 0 Å². The average Bonchev–Trinajstić information content (AvgIpc) is 2.83. The zero-order chi connectivity index (χ0) is 14.7. The van der Waals surface area contributed by atoms with Crippen molar-refractivity contribution in [2.75, 3.05) is 14.2 Å². The molecule has 0 spiro atoms. The maximum Gasteiger partial charge on any atom is 0.254 e. The fourth-order valence-corrected chi connectivity index (χ4v) is 2.99. The van der Waals surface area contributed by atoms with Crippen LogP contribution in [0.2, 0.25) is 0 Å². The van der Waals surface area contributed by atoms with Gasteiger partial charge in [-0.15, -0.1) is 11.3 Å². The molecule has 20 heavy (non-hydrogen) atoms. The van der Waals surface area contributed by atoms with Gasteiger partial charge in [-0.3, -0.25) is 4.79 Å². The van der Waals surface area contributed by atoms with Crippen LogP contribution in [0, 0.1) is 5.82 Å². The molecule has 0 aliphatic carbocycles. The van der Waals surface area contributed by atoms with Crippen LogP contribution in [-0.2, 0) is 6.54 Å². The number of hydrogen-bond acceptors (Lipinski definition) is 3. The fourth-order valence-electron chi connectivity index (χ4n) is 1.79. The van der Waals surface area contributed by atoms with Crippen molar-refractivity contribution in [3.63, 3.8) is 0 Å². The summed E-state index contributed by atoms with van der Waals surface area (Å²) in [5.41, 5.74) is 1.45. The number of nitrogens with zero attached hydrogens (tertiary/aromatic N) is 1. The lowest BCUT2D eigenvalue weighted by molar-refractivity contribution is 0.0785. The van der Waals surface area contributed by atoms with E-state index in [9.17, 15) is 9.18 Å². The lowest BCUT2D eigenvalue weighted by Gasteiger charge is -2.17. The first-order valence-electron chi connectivity index (χ1n) is 5.83. The van der Waals surface area contributed by atoms with E-state index in [0.29, 0.717) is 12.1 Å². The Hall–Kier alpha value is -1.40. The molecule has 0 atom stereocenters. The molecule has 1 aromatic carbocycles. The van der Waals surface area contributed by atoms with Crippen molar-refractivity contribution < 1.29 is 13.9 Å². The van der Waals surface area contributed by atoms with Gasteiger partial charge in [-0.1, -0.05) is 0 Å². The molecule has 1 amide bonds. The number of carbonyl (C=O) groups is 1. The lowest BCUT2D eigenvalue weighted by Crippen LogP contribution is -2.26. The number of thiophene rings is 1. The number of methoxy groups -OCH3 is 1. The van der Waals surface area contributed by atoms with Crippen molar-refractivity contribution in [1.82, 2.24) is 4.90 Å². The summed E-state index contributed by atoms with van der Waals surface area (Å²) in [5.74, 6) is -0.582. The Labute approximate surface area is 129 Å². The molecular formula is C14H13BrFNO2S. The van der Waals surface area contributed by atoms with Gasteiger partial charge in [0.15, 0.2) is 11.6 Å². The Bertz CT molecular complexity index is 629. The standard InChI is InChI=1S/C14H13BrFNO2S/c1-17(7-9-5-13(15)20-8-9)14(18)10-3-4-11(16)12(6-10)19-2/h3-6,8H,7H2,1-2H3. The Morgan fingerprint density at radius 3 is 2.80 bits per heavy atom. The summed E-state index contributed by atoms with van der Waals surface area (Å²) in [6.45, 7) is 0.501. The number of ether oxygens (including phenoxy) is 1. The third kappa shape index (κ3) is 3.37. The summed E-state index contributed by atoms with van der Waals surface area (Å²) < 4.78 is 19.2. The second kappa shape index (κ2) is 6.37. The molecular weight excluding hydrogens is 345 g/mol. The minimum absolute atomic E-state index is 0.0718. The van der Waals surface area contributed by atoms with Crippen molar-refractivity contribution in [3.05, 3.63) is 50.4 Å². The normalized spacial score (nSPS) is 10.4. The van der Waals surface area contributed by atoms with Crippen molar-refractivity contribution in [2.24, 2.45) is 0 Å². The zero-order valence-corrected chi connectivity index (χ0v) is 13.4. The van der Waals surface area contributed by atoms with Crippen LogP contribution in [0.5, 0.6) is 5.75 Å². The highest BCUT2D eigenvalue weighted by Crippen LogP contribution is 2.23. The molecule has 0 aliphatic rings. The molecule has 0 unspecified atom stereocenters. The molecule has 0 N–H and O–H groups in total. The average molecular weight is 358 g/mol. The number of rotatable bonds is 4. The molecule has 0 saturated heterocycles. The van der Waals surface area contributed by atoms with Crippen LogP contribution in [0.15, 0.2) is 33.4 Å². The highest BCUT2D eigenvalue weighted by molar-refractivity contribution is 9.11. The maximum atomic E-state index is 13.3. The van der Waals surface area contributed by atoms with Crippen molar-refractivity contribution in [2.45, 2.75) is 6.54 Å². The molecule has 1 aromatic heterocycles. The summed E-state index contributed by atoms with van der Waals surface area (Å²) >= 11 is 4.96. The van der Waals surface area contributed by atoms with E-state index in [0.717, 1.165) is 9.35 Å². The van der Waals surface area contributed by atoms with E-state index in [1.807, 2.05) is 11.4 Å². The van der Waals surface area contributed by atoms with Crippen LogP contribution < -0.4 is 4.74 Å². The number of amides is 1. The molecule has 106 valence electrons.